The molecule has 0 fully saturated rings. The maximum Gasteiger partial charge on any atom is 0.333 e. The van der Waals surface area contributed by atoms with Crippen LogP contribution in [0.5, 0.6) is 0 Å². The number of fused-ring (bicyclic) bond motifs is 1. The Kier molecular flexibility index (Phi) is 9.91. The van der Waals surface area contributed by atoms with Crippen LogP contribution in [0.2, 0.25) is 0 Å². The second-order valence-electron chi connectivity index (χ2n) is 10.3. The van der Waals surface area contributed by atoms with E-state index in [-0.39, 0.29) is 19.2 Å². The molecule has 1 aliphatic carbocycles. The van der Waals surface area contributed by atoms with Gasteiger partial charge in [-0.15, -0.1) is 0 Å². The van der Waals surface area contributed by atoms with E-state index in [1.807, 2.05) is 24.3 Å². The molecule has 0 aromatic heterocycles. The van der Waals surface area contributed by atoms with Crippen LogP contribution in [0, 0.1) is 0 Å². The summed E-state index contributed by atoms with van der Waals surface area (Å²) in [6, 6.07) is 21.4. The van der Waals surface area contributed by atoms with Crippen LogP contribution in [-0.2, 0) is 70.8 Å². The minimum atomic E-state index is -0.399. The van der Waals surface area contributed by atoms with Gasteiger partial charge in [-0.2, -0.15) is 0 Å². The number of hydrogen-bond donors (Lipinski definition) is 0. The van der Waals surface area contributed by atoms with E-state index in [1.165, 1.54) is 54.0 Å². The Hall–Kier alpha value is -3.92. The number of benzene rings is 3. The van der Waals surface area contributed by atoms with Crippen LogP contribution in [0.25, 0.3) is 0 Å². The van der Waals surface area contributed by atoms with E-state index in [4.69, 9.17) is 9.47 Å². The Labute approximate surface area is 232 Å². The fourth-order valence-corrected chi connectivity index (χ4v) is 5.13. The average Bonchev–Trinajstić information content (AvgIpc) is 2.97. The van der Waals surface area contributed by atoms with E-state index in [0.29, 0.717) is 5.57 Å². The summed E-state index contributed by atoms with van der Waals surface area (Å²) >= 11 is 0. The average molecular weight is 523 g/mol. The van der Waals surface area contributed by atoms with Crippen molar-refractivity contribution in [2.45, 2.75) is 71.5 Å². The third kappa shape index (κ3) is 8.03. The molecule has 0 saturated carbocycles. The van der Waals surface area contributed by atoms with Gasteiger partial charge in [0.25, 0.3) is 0 Å². The quantitative estimate of drug-likeness (QED) is 0.190. The topological polar surface area (TPSA) is 52.6 Å². The molecule has 4 rings (SSSR count). The zero-order valence-electron chi connectivity index (χ0n) is 23.0. The fraction of sp³-hybridized carbons (Fsp3) is 0.314. The van der Waals surface area contributed by atoms with Gasteiger partial charge in [0.15, 0.2) is 0 Å². The third-order valence-electron chi connectivity index (χ3n) is 7.41. The van der Waals surface area contributed by atoms with Crippen molar-refractivity contribution in [3.63, 3.8) is 0 Å². The summed E-state index contributed by atoms with van der Waals surface area (Å²) in [5.74, 6) is -0.752. The highest BCUT2D eigenvalue weighted by atomic mass is 16.5. The normalized spacial score (nSPS) is 12.3. The minimum absolute atomic E-state index is 0.273. The van der Waals surface area contributed by atoms with E-state index in [9.17, 15) is 9.59 Å². The predicted octanol–water partition coefficient (Wildman–Crippen LogP) is 6.98. The third-order valence-corrected chi connectivity index (χ3v) is 7.41. The summed E-state index contributed by atoms with van der Waals surface area (Å²) in [6.07, 6.45) is 10.1. The van der Waals surface area contributed by atoms with Gasteiger partial charge in [-0.1, -0.05) is 73.8 Å². The van der Waals surface area contributed by atoms with Gasteiger partial charge in [-0.25, -0.2) is 9.59 Å². The van der Waals surface area contributed by atoms with Crippen molar-refractivity contribution in [3.8, 4) is 0 Å². The van der Waals surface area contributed by atoms with Gasteiger partial charge >= 0.3 is 11.9 Å². The van der Waals surface area contributed by atoms with Gasteiger partial charge in [-0.05, 0) is 103 Å². The highest BCUT2D eigenvalue weighted by molar-refractivity contribution is 5.86. The summed E-state index contributed by atoms with van der Waals surface area (Å²) < 4.78 is 10.4. The lowest BCUT2D eigenvalue weighted by atomic mass is 9.82. The molecule has 0 spiro atoms. The van der Waals surface area contributed by atoms with E-state index >= 15 is 0 Å². The number of carbonyl (C=O) groups is 2. The first-order valence-electron chi connectivity index (χ1n) is 13.8. The Morgan fingerprint density at radius 2 is 1.13 bits per heavy atom. The highest BCUT2D eigenvalue weighted by Gasteiger charge is 2.17. The van der Waals surface area contributed by atoms with Crippen molar-refractivity contribution in [3.05, 3.63) is 130 Å². The molecule has 39 heavy (non-hydrogen) atoms. The molecule has 0 saturated heterocycles. The number of esters is 2. The van der Waals surface area contributed by atoms with Crippen LogP contribution in [-0.4, -0.2) is 11.9 Å². The van der Waals surface area contributed by atoms with Gasteiger partial charge in [0.05, 0.1) is 0 Å². The zero-order valence-corrected chi connectivity index (χ0v) is 23.0. The number of hydrogen-bond acceptors (Lipinski definition) is 4. The summed E-state index contributed by atoms with van der Waals surface area (Å²) in [5, 5.41) is 0. The molecule has 0 radical (unpaired) electrons. The smallest absolute Gasteiger partial charge is 0.333 e. The second-order valence-corrected chi connectivity index (χ2v) is 10.3. The Morgan fingerprint density at radius 3 is 1.56 bits per heavy atom. The molecule has 0 atom stereocenters. The summed E-state index contributed by atoms with van der Waals surface area (Å²) in [7, 11) is 0. The lowest BCUT2D eigenvalue weighted by molar-refractivity contribution is -0.140. The molecule has 0 unspecified atom stereocenters. The monoisotopic (exact) mass is 522 g/mol. The molecule has 0 bridgehead atoms. The maximum atomic E-state index is 11.6. The lowest BCUT2D eigenvalue weighted by Gasteiger charge is -2.23. The molecule has 0 aliphatic heterocycles. The lowest BCUT2D eigenvalue weighted by Crippen LogP contribution is -2.11. The van der Waals surface area contributed by atoms with E-state index in [1.54, 1.807) is 18.1 Å². The molecule has 3 aromatic carbocycles. The summed E-state index contributed by atoms with van der Waals surface area (Å²) in [4.78, 5) is 22.9. The van der Waals surface area contributed by atoms with Crippen molar-refractivity contribution < 1.29 is 19.1 Å². The maximum absolute atomic E-state index is 11.6. The molecule has 4 nitrogen and oxygen atoms in total. The summed E-state index contributed by atoms with van der Waals surface area (Å²) in [5.41, 5.74) is 11.1. The Bertz CT molecular complexity index is 1320. The standard InChI is InChI=1S/C35H38O4/c1-4-34(36)38-23-28-13-9-26(10-14-28)17-19-30-21-22-31(33-8-6-5-7-32(30)33)20-18-27-11-15-29(16-12-27)24-39-35(37)25(2)3/h4,9-16,21-22H,1-2,5-8,17-20,23-24H2,3H3. The number of carbonyl (C=O) groups excluding carboxylic acids is 2. The zero-order chi connectivity index (χ0) is 27.6. The Balaban J connectivity index is 1.34. The number of ether oxygens (including phenoxy) is 2. The predicted molar refractivity (Wildman–Crippen MR) is 155 cm³/mol. The number of aryl methyl sites for hydroxylation is 4. The fourth-order valence-electron chi connectivity index (χ4n) is 5.13. The van der Waals surface area contributed by atoms with Gasteiger partial charge in [0.1, 0.15) is 13.2 Å². The van der Waals surface area contributed by atoms with Gasteiger partial charge in [0, 0.05) is 11.6 Å². The van der Waals surface area contributed by atoms with Crippen molar-refractivity contribution in [2.75, 3.05) is 0 Å². The van der Waals surface area contributed by atoms with Gasteiger partial charge in [0.2, 0.25) is 0 Å². The SMILES string of the molecule is C=CC(=O)OCc1ccc(CCc2ccc(CCc3ccc(COC(=O)C(=C)C)cc3)c3c2CCCC3)cc1. The number of rotatable bonds is 12. The summed E-state index contributed by atoms with van der Waals surface area (Å²) in [6.45, 7) is 9.25. The van der Waals surface area contributed by atoms with Crippen molar-refractivity contribution >= 4 is 11.9 Å². The molecular formula is C35H38O4. The molecular weight excluding hydrogens is 484 g/mol. The molecule has 202 valence electrons. The van der Waals surface area contributed by atoms with Crippen LogP contribution >= 0.6 is 0 Å². The van der Waals surface area contributed by atoms with Crippen molar-refractivity contribution in [1.29, 1.82) is 0 Å². The molecule has 0 N–H and O–H groups in total. The van der Waals surface area contributed by atoms with Crippen LogP contribution in [0.4, 0.5) is 0 Å². The van der Waals surface area contributed by atoms with Crippen LogP contribution < -0.4 is 0 Å². The van der Waals surface area contributed by atoms with Crippen LogP contribution in [0.1, 0.15) is 64.3 Å². The molecule has 3 aromatic rings. The molecule has 4 heteroatoms. The first-order chi connectivity index (χ1) is 18.9. The minimum Gasteiger partial charge on any atom is -0.458 e. The highest BCUT2D eigenvalue weighted by Crippen LogP contribution is 2.29. The molecule has 0 heterocycles. The van der Waals surface area contributed by atoms with Crippen molar-refractivity contribution in [2.24, 2.45) is 0 Å². The molecule has 1 aliphatic rings. The second kappa shape index (κ2) is 13.7. The van der Waals surface area contributed by atoms with Crippen molar-refractivity contribution in [1.82, 2.24) is 0 Å². The van der Waals surface area contributed by atoms with E-state index in [2.05, 4.69) is 49.6 Å². The van der Waals surface area contributed by atoms with Gasteiger partial charge in [-0.3, -0.25) is 0 Å². The first kappa shape index (κ1) is 28.1. The molecule has 0 amide bonds. The largest absolute Gasteiger partial charge is 0.458 e. The van der Waals surface area contributed by atoms with Crippen LogP contribution in [0.15, 0.2) is 85.5 Å². The first-order valence-corrected chi connectivity index (χ1v) is 13.8. The van der Waals surface area contributed by atoms with Gasteiger partial charge < -0.3 is 9.47 Å². The van der Waals surface area contributed by atoms with E-state index < -0.39 is 5.97 Å². The van der Waals surface area contributed by atoms with Crippen LogP contribution in [0.3, 0.4) is 0 Å². The van der Waals surface area contributed by atoms with E-state index in [0.717, 1.165) is 36.8 Å². The Morgan fingerprint density at radius 1 is 0.692 bits per heavy atom.